The number of ether oxygens (including phenoxy) is 3. The van der Waals surface area contributed by atoms with Crippen LogP contribution < -0.4 is 19.5 Å². The first-order chi connectivity index (χ1) is 16.6. The SMILES string of the molecule is COc1cc(OC)c(C(=O)[P](=O)c2ccccc2C(=O)c2c(Cl)c(Cl)c(Cl)c(Cl)c2Cl)c(OC)c1. The highest BCUT2D eigenvalue weighted by molar-refractivity contribution is 7.71. The number of halogens is 5. The predicted molar refractivity (Wildman–Crippen MR) is 139 cm³/mol. The van der Waals surface area contributed by atoms with Crippen LogP contribution >= 0.6 is 65.8 Å². The lowest BCUT2D eigenvalue weighted by Crippen LogP contribution is -2.17. The van der Waals surface area contributed by atoms with Crippen LogP contribution in [-0.4, -0.2) is 32.6 Å². The standard InChI is InChI=1S/C23H15Cl5O6P/c1-32-10-8-12(33-2)15(13(9-10)34-3)23(30)35(31)14-7-5-4-6-11(14)22(29)16-17(24)19(26)21(28)20(27)18(16)25/h4-9H,1-3H3. The second-order valence-corrected chi connectivity index (χ2v) is 10.2. The van der Waals surface area contributed by atoms with Crippen LogP contribution in [0, 0.1) is 0 Å². The topological polar surface area (TPSA) is 78.9 Å². The molecule has 0 saturated heterocycles. The van der Waals surface area contributed by atoms with Gasteiger partial charge in [-0.2, -0.15) is 0 Å². The van der Waals surface area contributed by atoms with Crippen LogP contribution in [-0.2, 0) is 4.57 Å². The third-order valence-electron chi connectivity index (χ3n) is 4.92. The van der Waals surface area contributed by atoms with Crippen molar-refractivity contribution >= 4 is 82.4 Å². The maximum Gasteiger partial charge on any atom is 0.254 e. The molecule has 0 spiro atoms. The first kappa shape index (κ1) is 27.5. The van der Waals surface area contributed by atoms with Gasteiger partial charge < -0.3 is 14.2 Å². The molecule has 3 aromatic carbocycles. The highest BCUT2D eigenvalue weighted by Gasteiger charge is 2.31. The van der Waals surface area contributed by atoms with Crippen LogP contribution in [0.15, 0.2) is 36.4 Å². The fourth-order valence-electron chi connectivity index (χ4n) is 3.21. The molecule has 1 unspecified atom stereocenters. The Hall–Kier alpha value is -2.05. The molecular formula is C23H15Cl5O6P. The Labute approximate surface area is 226 Å². The first-order valence-electron chi connectivity index (χ1n) is 9.55. The van der Waals surface area contributed by atoms with Gasteiger partial charge in [0, 0.05) is 17.7 Å². The minimum atomic E-state index is -2.84. The van der Waals surface area contributed by atoms with Gasteiger partial charge >= 0.3 is 0 Å². The molecule has 0 saturated carbocycles. The summed E-state index contributed by atoms with van der Waals surface area (Å²) in [6, 6.07) is 8.72. The molecule has 35 heavy (non-hydrogen) atoms. The summed E-state index contributed by atoms with van der Waals surface area (Å²) in [7, 11) is 1.27. The number of ketones is 1. The van der Waals surface area contributed by atoms with Crippen molar-refractivity contribution in [2.45, 2.75) is 0 Å². The fourth-order valence-corrected chi connectivity index (χ4v) is 5.78. The lowest BCUT2D eigenvalue weighted by atomic mass is 10.0. The summed E-state index contributed by atoms with van der Waals surface area (Å²) in [5, 5.41) is -0.981. The number of methoxy groups -OCH3 is 3. The van der Waals surface area contributed by atoms with Crippen molar-refractivity contribution in [3.8, 4) is 17.2 Å². The molecule has 0 aliphatic carbocycles. The summed E-state index contributed by atoms with van der Waals surface area (Å²) in [4.78, 5) is 26.9. The zero-order valence-corrected chi connectivity index (χ0v) is 22.9. The van der Waals surface area contributed by atoms with Crippen LogP contribution in [0.2, 0.25) is 25.1 Å². The molecule has 0 aromatic heterocycles. The van der Waals surface area contributed by atoms with E-state index in [-0.39, 0.29) is 58.6 Å². The van der Waals surface area contributed by atoms with E-state index in [9.17, 15) is 14.2 Å². The third-order valence-corrected chi connectivity index (χ3v) is 8.61. The molecule has 3 rings (SSSR count). The lowest BCUT2D eigenvalue weighted by Gasteiger charge is -2.15. The van der Waals surface area contributed by atoms with Crippen molar-refractivity contribution in [3.63, 3.8) is 0 Å². The van der Waals surface area contributed by atoms with Crippen molar-refractivity contribution in [3.05, 3.63) is 78.2 Å². The molecule has 0 amide bonds. The van der Waals surface area contributed by atoms with Gasteiger partial charge in [0.1, 0.15) is 22.8 Å². The van der Waals surface area contributed by atoms with Gasteiger partial charge in [-0.05, 0) is 12.1 Å². The van der Waals surface area contributed by atoms with Crippen LogP contribution in [0.1, 0.15) is 26.3 Å². The number of carbonyl (C=O) groups is 2. The van der Waals surface area contributed by atoms with Crippen molar-refractivity contribution in [2.24, 2.45) is 0 Å². The summed E-state index contributed by atoms with van der Waals surface area (Å²) >= 11 is 30.7. The molecule has 6 nitrogen and oxygen atoms in total. The average molecular weight is 596 g/mol. The zero-order chi connectivity index (χ0) is 26.0. The number of carbonyl (C=O) groups excluding carboxylic acids is 2. The Bertz CT molecular complexity index is 1320. The van der Waals surface area contributed by atoms with E-state index in [1.165, 1.54) is 57.7 Å². The summed E-state index contributed by atoms with van der Waals surface area (Å²) in [6.45, 7) is 0. The van der Waals surface area contributed by atoms with Crippen LogP contribution in [0.5, 0.6) is 17.2 Å². The van der Waals surface area contributed by atoms with E-state index in [1.54, 1.807) is 0 Å². The molecule has 0 fully saturated rings. The maximum atomic E-state index is 13.5. The molecule has 0 aliphatic heterocycles. The Morgan fingerprint density at radius 2 is 1.20 bits per heavy atom. The van der Waals surface area contributed by atoms with E-state index in [0.717, 1.165) is 0 Å². The highest BCUT2D eigenvalue weighted by atomic mass is 35.5. The predicted octanol–water partition coefficient (Wildman–Crippen LogP) is 7.50. The van der Waals surface area contributed by atoms with Crippen molar-refractivity contribution in [2.75, 3.05) is 21.3 Å². The van der Waals surface area contributed by atoms with E-state index >= 15 is 0 Å². The number of benzene rings is 3. The van der Waals surface area contributed by atoms with E-state index in [4.69, 9.17) is 72.2 Å². The van der Waals surface area contributed by atoms with Gasteiger partial charge in [0.15, 0.2) is 13.6 Å². The second kappa shape index (κ2) is 11.3. The van der Waals surface area contributed by atoms with E-state index in [2.05, 4.69) is 0 Å². The van der Waals surface area contributed by atoms with E-state index in [0.29, 0.717) is 5.75 Å². The molecule has 183 valence electrons. The van der Waals surface area contributed by atoms with Gasteiger partial charge in [0.25, 0.3) is 5.52 Å². The van der Waals surface area contributed by atoms with Crippen molar-refractivity contribution < 1.29 is 28.4 Å². The Morgan fingerprint density at radius 1 is 0.714 bits per heavy atom. The molecule has 1 radical (unpaired) electrons. The molecule has 3 aromatic rings. The normalized spacial score (nSPS) is 11.1. The number of rotatable bonds is 8. The monoisotopic (exact) mass is 593 g/mol. The molecule has 0 aliphatic rings. The summed E-state index contributed by atoms with van der Waals surface area (Å²) in [6.07, 6.45) is 0. The molecule has 0 N–H and O–H groups in total. The smallest absolute Gasteiger partial charge is 0.254 e. The quantitative estimate of drug-likeness (QED) is 0.116. The summed E-state index contributed by atoms with van der Waals surface area (Å²) in [5.74, 6) is -0.218. The molecule has 0 bridgehead atoms. The largest absolute Gasteiger partial charge is 0.496 e. The van der Waals surface area contributed by atoms with Gasteiger partial charge in [0.05, 0.1) is 57.3 Å². The first-order valence-corrected chi connectivity index (χ1v) is 12.7. The fraction of sp³-hybridized carbons (Fsp3) is 0.130. The van der Waals surface area contributed by atoms with Crippen molar-refractivity contribution in [1.29, 1.82) is 0 Å². The van der Waals surface area contributed by atoms with Gasteiger partial charge in [-0.3, -0.25) is 14.2 Å². The Balaban J connectivity index is 2.16. The van der Waals surface area contributed by atoms with Gasteiger partial charge in [-0.25, -0.2) is 0 Å². The zero-order valence-electron chi connectivity index (χ0n) is 18.3. The van der Waals surface area contributed by atoms with E-state index < -0.39 is 19.1 Å². The Kier molecular flexibility index (Phi) is 8.92. The number of hydrogen-bond acceptors (Lipinski definition) is 6. The molecular weight excluding hydrogens is 580 g/mol. The summed E-state index contributed by atoms with van der Waals surface area (Å²) < 4.78 is 29.3. The van der Waals surface area contributed by atoms with Gasteiger partial charge in [-0.1, -0.05) is 70.1 Å². The lowest BCUT2D eigenvalue weighted by molar-refractivity contribution is 0.103. The highest BCUT2D eigenvalue weighted by Crippen LogP contribution is 2.45. The van der Waals surface area contributed by atoms with E-state index in [1.807, 2.05) is 0 Å². The minimum Gasteiger partial charge on any atom is -0.496 e. The molecule has 1 atom stereocenters. The molecule has 0 heterocycles. The van der Waals surface area contributed by atoms with Gasteiger partial charge in [-0.15, -0.1) is 0 Å². The average Bonchev–Trinajstić information content (AvgIpc) is 2.88. The minimum absolute atomic E-state index is 0.0632. The van der Waals surface area contributed by atoms with Crippen molar-refractivity contribution in [1.82, 2.24) is 0 Å². The van der Waals surface area contributed by atoms with Crippen LogP contribution in [0.25, 0.3) is 0 Å². The summed E-state index contributed by atoms with van der Waals surface area (Å²) in [5.41, 5.74) is -1.24. The van der Waals surface area contributed by atoms with Gasteiger partial charge in [0.2, 0.25) is 0 Å². The van der Waals surface area contributed by atoms with Crippen LogP contribution in [0.3, 0.4) is 0 Å². The number of hydrogen-bond donors (Lipinski definition) is 0. The van der Waals surface area contributed by atoms with Crippen LogP contribution in [0.4, 0.5) is 0 Å². The Morgan fingerprint density at radius 3 is 1.69 bits per heavy atom. The second-order valence-electron chi connectivity index (χ2n) is 6.80. The third kappa shape index (κ3) is 5.10. The maximum absolute atomic E-state index is 13.5. The molecule has 12 heteroatoms.